The molecule has 1 aromatic rings. The third-order valence-corrected chi connectivity index (χ3v) is 3.62. The molecule has 1 fully saturated rings. The second-order valence-electron chi connectivity index (χ2n) is 4.97. The fourth-order valence-corrected chi connectivity index (χ4v) is 2.67. The molecule has 1 aliphatic heterocycles. The van der Waals surface area contributed by atoms with Gasteiger partial charge in [0.05, 0.1) is 5.02 Å². The number of ether oxygens (including phenoxy) is 1. The summed E-state index contributed by atoms with van der Waals surface area (Å²) in [7, 11) is 0. The van der Waals surface area contributed by atoms with E-state index in [9.17, 15) is 26.3 Å². The number of piperazine rings is 1. The minimum atomic E-state index is -4.97. The Morgan fingerprint density at radius 1 is 1.09 bits per heavy atom. The largest absolute Gasteiger partial charge is 0.573 e. The molecule has 0 saturated carbocycles. The van der Waals surface area contributed by atoms with Crippen LogP contribution in [0.4, 0.5) is 26.3 Å². The molecular weight excluding hydrogens is 350 g/mol. The molecule has 1 atom stereocenters. The predicted octanol–water partition coefficient (Wildman–Crippen LogP) is 3.75. The average molecular weight is 363 g/mol. The van der Waals surface area contributed by atoms with E-state index in [2.05, 4.69) is 10.1 Å². The van der Waals surface area contributed by atoms with Gasteiger partial charge in [-0.2, -0.15) is 13.2 Å². The van der Waals surface area contributed by atoms with Gasteiger partial charge in [-0.1, -0.05) is 17.7 Å². The van der Waals surface area contributed by atoms with Crippen LogP contribution in [0.3, 0.4) is 0 Å². The summed E-state index contributed by atoms with van der Waals surface area (Å²) in [6.07, 6.45) is -9.54. The smallest absolute Gasteiger partial charge is 0.404 e. The summed E-state index contributed by atoms with van der Waals surface area (Å²) in [5.74, 6) is -0.732. The Labute approximate surface area is 133 Å². The Balaban J connectivity index is 2.30. The van der Waals surface area contributed by atoms with Crippen molar-refractivity contribution in [2.75, 3.05) is 26.2 Å². The van der Waals surface area contributed by atoms with Crippen molar-refractivity contribution in [1.29, 1.82) is 0 Å². The highest BCUT2D eigenvalue weighted by atomic mass is 35.5. The highest BCUT2D eigenvalue weighted by molar-refractivity contribution is 6.32. The van der Waals surface area contributed by atoms with Crippen LogP contribution in [0.25, 0.3) is 0 Å². The topological polar surface area (TPSA) is 24.5 Å². The maximum atomic E-state index is 13.4. The van der Waals surface area contributed by atoms with Gasteiger partial charge in [0.2, 0.25) is 0 Å². The summed E-state index contributed by atoms with van der Waals surface area (Å²) in [4.78, 5) is 1.21. The van der Waals surface area contributed by atoms with Gasteiger partial charge in [0, 0.05) is 26.2 Å². The van der Waals surface area contributed by atoms with E-state index < -0.39 is 29.4 Å². The number of halogens is 7. The van der Waals surface area contributed by atoms with Crippen molar-refractivity contribution in [2.24, 2.45) is 0 Å². The zero-order valence-electron chi connectivity index (χ0n) is 11.6. The van der Waals surface area contributed by atoms with Gasteiger partial charge in [-0.3, -0.25) is 4.90 Å². The maximum Gasteiger partial charge on any atom is 0.573 e. The molecule has 0 unspecified atom stereocenters. The van der Waals surface area contributed by atoms with Crippen molar-refractivity contribution in [3.8, 4) is 5.75 Å². The molecule has 1 heterocycles. The number of nitrogens with zero attached hydrogens (tertiary/aromatic N) is 1. The van der Waals surface area contributed by atoms with Gasteiger partial charge in [0.1, 0.15) is 11.8 Å². The first-order valence-electron chi connectivity index (χ1n) is 6.64. The molecule has 2 rings (SSSR count). The lowest BCUT2D eigenvalue weighted by atomic mass is 10.0. The van der Waals surface area contributed by atoms with Crippen molar-refractivity contribution in [3.63, 3.8) is 0 Å². The van der Waals surface area contributed by atoms with Crippen LogP contribution >= 0.6 is 11.6 Å². The highest BCUT2D eigenvalue weighted by Crippen LogP contribution is 2.40. The van der Waals surface area contributed by atoms with Crippen LogP contribution in [-0.2, 0) is 0 Å². The lowest BCUT2D eigenvalue weighted by Gasteiger charge is -2.36. The van der Waals surface area contributed by atoms with E-state index in [4.69, 9.17) is 11.6 Å². The molecule has 0 amide bonds. The van der Waals surface area contributed by atoms with E-state index in [1.165, 1.54) is 4.90 Å². The Hall–Kier alpha value is -1.19. The average Bonchev–Trinajstić information content (AvgIpc) is 2.40. The van der Waals surface area contributed by atoms with Gasteiger partial charge in [0.15, 0.2) is 0 Å². The van der Waals surface area contributed by atoms with Crippen molar-refractivity contribution in [2.45, 2.75) is 18.6 Å². The Morgan fingerprint density at radius 2 is 1.70 bits per heavy atom. The SMILES string of the molecule is FC(F)(F)Oc1ccc([C@@H](N2CCNCC2)C(F)(F)F)cc1Cl. The van der Waals surface area contributed by atoms with Gasteiger partial charge in [-0.15, -0.1) is 13.2 Å². The summed E-state index contributed by atoms with van der Waals surface area (Å²) in [5.41, 5.74) is -0.223. The number of alkyl halides is 6. The standard InChI is InChI=1S/C13H13ClF6N2O/c14-9-7-8(1-2-10(9)23-13(18,19)20)11(12(15,16)17)22-5-3-21-4-6-22/h1-2,7,11,21H,3-6H2/t11-/m1/s1. The van der Waals surface area contributed by atoms with Crippen molar-refractivity contribution >= 4 is 11.6 Å². The molecule has 0 spiro atoms. The van der Waals surface area contributed by atoms with Crippen LogP contribution < -0.4 is 10.1 Å². The molecular formula is C13H13ClF6N2O. The molecule has 10 heteroatoms. The van der Waals surface area contributed by atoms with Crippen LogP contribution in [0, 0.1) is 0 Å². The van der Waals surface area contributed by atoms with Gasteiger partial charge in [-0.25, -0.2) is 0 Å². The lowest BCUT2D eigenvalue weighted by Crippen LogP contribution is -2.49. The number of hydrogen-bond donors (Lipinski definition) is 1. The minimum absolute atomic E-state index is 0.169. The first kappa shape index (κ1) is 18.2. The summed E-state index contributed by atoms with van der Waals surface area (Å²) in [5, 5.41) is 2.41. The molecule has 1 saturated heterocycles. The van der Waals surface area contributed by atoms with Crippen LogP contribution in [0.5, 0.6) is 5.75 Å². The van der Waals surface area contributed by atoms with E-state index in [1.807, 2.05) is 0 Å². The first-order valence-corrected chi connectivity index (χ1v) is 7.02. The molecule has 0 aliphatic carbocycles. The van der Waals surface area contributed by atoms with Crippen molar-refractivity contribution in [1.82, 2.24) is 10.2 Å². The third-order valence-electron chi connectivity index (χ3n) is 3.32. The number of hydrogen-bond acceptors (Lipinski definition) is 3. The summed E-state index contributed by atoms with van der Waals surface area (Å²) in [6.45, 7) is 1.14. The quantitative estimate of drug-likeness (QED) is 0.829. The Bertz CT molecular complexity index is 542. The van der Waals surface area contributed by atoms with E-state index in [0.29, 0.717) is 13.1 Å². The molecule has 1 N–H and O–H groups in total. The number of benzene rings is 1. The lowest BCUT2D eigenvalue weighted by molar-refractivity contribution is -0.274. The first-order chi connectivity index (χ1) is 10.6. The monoisotopic (exact) mass is 362 g/mol. The molecule has 1 aromatic carbocycles. The second-order valence-corrected chi connectivity index (χ2v) is 5.37. The van der Waals surface area contributed by atoms with Gasteiger partial charge in [0.25, 0.3) is 0 Å². The molecule has 130 valence electrons. The van der Waals surface area contributed by atoms with E-state index in [-0.39, 0.29) is 18.7 Å². The van der Waals surface area contributed by atoms with Gasteiger partial charge < -0.3 is 10.1 Å². The van der Waals surface area contributed by atoms with Gasteiger partial charge >= 0.3 is 12.5 Å². The Morgan fingerprint density at radius 3 is 2.17 bits per heavy atom. The van der Waals surface area contributed by atoms with Crippen molar-refractivity contribution in [3.05, 3.63) is 28.8 Å². The highest BCUT2D eigenvalue weighted by Gasteiger charge is 2.45. The van der Waals surface area contributed by atoms with Crippen molar-refractivity contribution < 1.29 is 31.1 Å². The molecule has 0 bridgehead atoms. The van der Waals surface area contributed by atoms with Gasteiger partial charge in [-0.05, 0) is 17.7 Å². The fourth-order valence-electron chi connectivity index (χ4n) is 2.44. The number of rotatable bonds is 3. The summed E-state index contributed by atoms with van der Waals surface area (Å²) < 4.78 is 80.3. The minimum Gasteiger partial charge on any atom is -0.404 e. The fraction of sp³-hybridized carbons (Fsp3) is 0.538. The normalized spacial score (nSPS) is 18.7. The molecule has 0 aromatic heterocycles. The van der Waals surface area contributed by atoms with Crippen LogP contribution in [-0.4, -0.2) is 43.6 Å². The predicted molar refractivity (Wildman–Crippen MR) is 71.4 cm³/mol. The Kier molecular flexibility index (Phi) is 5.32. The zero-order valence-corrected chi connectivity index (χ0v) is 12.4. The van der Waals surface area contributed by atoms with Crippen LogP contribution in [0.15, 0.2) is 18.2 Å². The van der Waals surface area contributed by atoms with E-state index >= 15 is 0 Å². The summed E-state index contributed by atoms with van der Waals surface area (Å²) >= 11 is 5.65. The third kappa shape index (κ3) is 4.89. The van der Waals surface area contributed by atoms with E-state index in [0.717, 1.165) is 18.2 Å². The summed E-state index contributed by atoms with van der Waals surface area (Å²) in [6, 6.07) is 0.684. The van der Waals surface area contributed by atoms with Crippen LogP contribution in [0.1, 0.15) is 11.6 Å². The molecule has 3 nitrogen and oxygen atoms in total. The molecule has 1 aliphatic rings. The van der Waals surface area contributed by atoms with Crippen LogP contribution in [0.2, 0.25) is 5.02 Å². The van der Waals surface area contributed by atoms with E-state index in [1.54, 1.807) is 0 Å². The second kappa shape index (κ2) is 6.74. The molecule has 0 radical (unpaired) electrons. The maximum absolute atomic E-state index is 13.4. The molecule has 23 heavy (non-hydrogen) atoms. The number of nitrogens with one attached hydrogen (secondary N) is 1. The zero-order chi connectivity index (χ0) is 17.3.